The Morgan fingerprint density at radius 3 is 2.65 bits per heavy atom. The molecule has 124 valence electrons. The smallest absolute Gasteiger partial charge is 0.242 e. The zero-order chi connectivity index (χ0) is 16.8. The van der Waals surface area contributed by atoms with E-state index in [9.17, 15) is 9.18 Å². The number of imidazole rings is 1. The van der Waals surface area contributed by atoms with Gasteiger partial charge in [-0.05, 0) is 38.2 Å². The number of nitrogens with zero attached hydrogens (tertiary/aromatic N) is 3. The van der Waals surface area contributed by atoms with E-state index in [0.717, 1.165) is 24.4 Å². The average Bonchev–Trinajstić information content (AvgIpc) is 2.95. The maximum Gasteiger partial charge on any atom is 0.242 e. The number of carbonyl (C=O) groups is 1. The number of carbonyl (C=O) groups excluding carboxylic acids is 1. The lowest BCUT2D eigenvalue weighted by Gasteiger charge is -2.24. The van der Waals surface area contributed by atoms with Crippen LogP contribution in [0.5, 0.6) is 0 Å². The van der Waals surface area contributed by atoms with Crippen LogP contribution in [0.4, 0.5) is 4.39 Å². The van der Waals surface area contributed by atoms with Crippen molar-refractivity contribution in [3.63, 3.8) is 0 Å². The summed E-state index contributed by atoms with van der Waals surface area (Å²) in [6.45, 7) is 3.34. The van der Waals surface area contributed by atoms with Gasteiger partial charge in [-0.15, -0.1) is 0 Å². The van der Waals surface area contributed by atoms with E-state index in [4.69, 9.17) is 0 Å². The first-order chi connectivity index (χ1) is 11.0. The highest BCUT2D eigenvalue weighted by Gasteiger charge is 2.23. The number of benzene rings is 1. The van der Waals surface area contributed by atoms with Crippen LogP contribution in [0.3, 0.4) is 0 Å². The van der Waals surface area contributed by atoms with Crippen LogP contribution in [0.1, 0.15) is 30.8 Å². The van der Waals surface area contributed by atoms with Gasteiger partial charge in [0.05, 0.1) is 6.54 Å². The van der Waals surface area contributed by atoms with Gasteiger partial charge < -0.3 is 9.88 Å². The van der Waals surface area contributed by atoms with E-state index < -0.39 is 6.04 Å². The summed E-state index contributed by atoms with van der Waals surface area (Å²) in [5.74, 6) is 0.387. The van der Waals surface area contributed by atoms with Crippen molar-refractivity contribution in [2.45, 2.75) is 32.5 Å². The molecule has 5 nitrogen and oxygen atoms in total. The highest BCUT2D eigenvalue weighted by Crippen LogP contribution is 2.19. The van der Waals surface area contributed by atoms with Gasteiger partial charge in [-0.1, -0.05) is 19.1 Å². The molecule has 0 saturated heterocycles. The van der Waals surface area contributed by atoms with Crippen molar-refractivity contribution in [2.75, 3.05) is 14.1 Å². The minimum Gasteiger partial charge on any atom is -0.347 e. The van der Waals surface area contributed by atoms with Gasteiger partial charge in [0.1, 0.15) is 17.7 Å². The van der Waals surface area contributed by atoms with E-state index >= 15 is 0 Å². The number of hydrogen-bond donors (Lipinski definition) is 1. The molecule has 0 bridgehead atoms. The van der Waals surface area contributed by atoms with Crippen molar-refractivity contribution >= 4 is 5.91 Å². The van der Waals surface area contributed by atoms with Crippen molar-refractivity contribution in [3.8, 4) is 0 Å². The Balaban J connectivity index is 2.07. The van der Waals surface area contributed by atoms with Crippen LogP contribution < -0.4 is 5.32 Å². The highest BCUT2D eigenvalue weighted by atomic mass is 19.1. The molecule has 0 spiro atoms. The van der Waals surface area contributed by atoms with Crippen LogP contribution in [0.2, 0.25) is 0 Å². The van der Waals surface area contributed by atoms with Crippen molar-refractivity contribution in [1.82, 2.24) is 19.8 Å². The molecule has 0 aliphatic carbocycles. The van der Waals surface area contributed by atoms with Crippen LogP contribution in [0, 0.1) is 5.82 Å². The van der Waals surface area contributed by atoms with Crippen LogP contribution in [-0.4, -0.2) is 34.5 Å². The first-order valence-corrected chi connectivity index (χ1v) is 7.72. The first-order valence-electron chi connectivity index (χ1n) is 7.72. The van der Waals surface area contributed by atoms with E-state index in [-0.39, 0.29) is 11.7 Å². The molecular weight excluding hydrogens is 295 g/mol. The molecule has 1 heterocycles. The Labute approximate surface area is 136 Å². The summed E-state index contributed by atoms with van der Waals surface area (Å²) in [4.78, 5) is 18.6. The first kappa shape index (κ1) is 17.1. The van der Waals surface area contributed by atoms with E-state index in [2.05, 4.69) is 17.2 Å². The zero-order valence-corrected chi connectivity index (χ0v) is 13.8. The number of likely N-dealkylation sites (N-methyl/N-ethyl adjacent to an activating group) is 1. The summed E-state index contributed by atoms with van der Waals surface area (Å²) in [5.41, 5.74) is 0.755. The molecule has 1 atom stereocenters. The lowest BCUT2D eigenvalue weighted by molar-refractivity contribution is -0.126. The Bertz CT molecular complexity index is 636. The van der Waals surface area contributed by atoms with E-state index in [1.165, 1.54) is 12.1 Å². The second-order valence-corrected chi connectivity index (χ2v) is 5.67. The summed E-state index contributed by atoms with van der Waals surface area (Å²) in [7, 11) is 3.65. The molecule has 1 N–H and O–H groups in total. The second kappa shape index (κ2) is 7.87. The molecule has 2 aromatic rings. The Morgan fingerprint density at radius 1 is 1.35 bits per heavy atom. The monoisotopic (exact) mass is 318 g/mol. The van der Waals surface area contributed by atoms with Gasteiger partial charge in [-0.2, -0.15) is 0 Å². The molecule has 0 saturated carbocycles. The zero-order valence-electron chi connectivity index (χ0n) is 13.8. The highest BCUT2D eigenvalue weighted by molar-refractivity contribution is 5.83. The second-order valence-electron chi connectivity index (χ2n) is 5.67. The van der Waals surface area contributed by atoms with Crippen molar-refractivity contribution in [1.29, 1.82) is 0 Å². The number of nitrogens with one attached hydrogen (secondary N) is 1. The molecular formula is C17H23FN4O. The molecule has 23 heavy (non-hydrogen) atoms. The third-order valence-electron chi connectivity index (χ3n) is 3.64. The minimum atomic E-state index is -0.467. The normalized spacial score (nSPS) is 12.4. The van der Waals surface area contributed by atoms with Crippen molar-refractivity contribution in [2.24, 2.45) is 0 Å². The summed E-state index contributed by atoms with van der Waals surface area (Å²) in [5, 5.41) is 2.92. The fourth-order valence-corrected chi connectivity index (χ4v) is 2.54. The van der Waals surface area contributed by atoms with E-state index in [1.807, 2.05) is 24.9 Å². The molecule has 0 radical (unpaired) electrons. The molecule has 0 unspecified atom stereocenters. The lowest BCUT2D eigenvalue weighted by atomic mass is 10.1. The minimum absolute atomic E-state index is 0.132. The predicted molar refractivity (Wildman–Crippen MR) is 87.2 cm³/mol. The Hall–Kier alpha value is -2.21. The maximum absolute atomic E-state index is 13.1. The SMILES string of the molecule is CCCn1ccnc1CNC(=O)[C@H](c1ccc(F)cc1)N(C)C. The molecule has 2 rings (SSSR count). The van der Waals surface area contributed by atoms with E-state index in [0.29, 0.717) is 6.54 Å². The predicted octanol–water partition coefficient (Wildman–Crippen LogP) is 2.35. The number of hydrogen-bond acceptors (Lipinski definition) is 3. The van der Waals surface area contributed by atoms with Crippen LogP contribution >= 0.6 is 0 Å². The quantitative estimate of drug-likeness (QED) is 0.852. The fourth-order valence-electron chi connectivity index (χ4n) is 2.54. The number of aryl methyl sites for hydroxylation is 1. The number of rotatable bonds is 7. The largest absolute Gasteiger partial charge is 0.347 e. The molecule has 0 fully saturated rings. The molecule has 1 amide bonds. The van der Waals surface area contributed by atoms with Crippen LogP contribution in [0.25, 0.3) is 0 Å². The lowest BCUT2D eigenvalue weighted by Crippen LogP contribution is -2.37. The number of halogens is 1. The van der Waals surface area contributed by atoms with Gasteiger partial charge in [0.25, 0.3) is 0 Å². The van der Waals surface area contributed by atoms with E-state index in [1.54, 1.807) is 23.2 Å². The van der Waals surface area contributed by atoms with Gasteiger partial charge in [0, 0.05) is 18.9 Å². The average molecular weight is 318 g/mol. The van der Waals surface area contributed by atoms with Crippen molar-refractivity contribution in [3.05, 3.63) is 53.9 Å². The number of amides is 1. The Kier molecular flexibility index (Phi) is 5.87. The van der Waals surface area contributed by atoms with Gasteiger partial charge in [0.15, 0.2) is 0 Å². The van der Waals surface area contributed by atoms with Gasteiger partial charge in [-0.3, -0.25) is 9.69 Å². The molecule has 1 aromatic carbocycles. The Morgan fingerprint density at radius 2 is 2.04 bits per heavy atom. The molecule has 6 heteroatoms. The molecule has 0 aliphatic rings. The van der Waals surface area contributed by atoms with Crippen molar-refractivity contribution < 1.29 is 9.18 Å². The van der Waals surface area contributed by atoms with Gasteiger partial charge in [-0.25, -0.2) is 9.37 Å². The third kappa shape index (κ3) is 4.39. The fraction of sp³-hybridized carbons (Fsp3) is 0.412. The van der Waals surface area contributed by atoms with Gasteiger partial charge >= 0.3 is 0 Å². The van der Waals surface area contributed by atoms with Crippen LogP contribution in [-0.2, 0) is 17.9 Å². The standard InChI is InChI=1S/C17H23FN4O/c1-4-10-22-11-9-19-15(22)12-20-17(23)16(21(2)3)13-5-7-14(18)8-6-13/h5-9,11,16H,4,10,12H2,1-3H3,(H,20,23)/t16-/m0/s1. The maximum atomic E-state index is 13.1. The third-order valence-corrected chi connectivity index (χ3v) is 3.64. The topological polar surface area (TPSA) is 50.2 Å². The number of aromatic nitrogens is 2. The summed E-state index contributed by atoms with van der Waals surface area (Å²) in [6, 6.07) is 5.54. The molecule has 1 aromatic heterocycles. The van der Waals surface area contributed by atoms with Crippen LogP contribution in [0.15, 0.2) is 36.7 Å². The summed E-state index contributed by atoms with van der Waals surface area (Å²) in [6.07, 6.45) is 4.65. The van der Waals surface area contributed by atoms with Gasteiger partial charge in [0.2, 0.25) is 5.91 Å². The molecule has 0 aliphatic heterocycles. The summed E-state index contributed by atoms with van der Waals surface area (Å²) < 4.78 is 15.1. The summed E-state index contributed by atoms with van der Waals surface area (Å²) >= 11 is 0.